The van der Waals surface area contributed by atoms with Crippen molar-refractivity contribution in [2.24, 2.45) is 5.73 Å². The topological polar surface area (TPSA) is 114 Å². The summed E-state index contributed by atoms with van der Waals surface area (Å²) >= 11 is 0. The van der Waals surface area contributed by atoms with E-state index in [1.165, 1.54) is 7.11 Å². The fourth-order valence-corrected chi connectivity index (χ4v) is 0.636. The van der Waals surface area contributed by atoms with Crippen LogP contribution in [0.15, 0.2) is 0 Å². The van der Waals surface area contributed by atoms with Crippen LogP contribution in [0.2, 0.25) is 0 Å². The van der Waals surface area contributed by atoms with Gasteiger partial charge in [0.05, 0.1) is 13.7 Å². The molecule has 0 aliphatic heterocycles. The fraction of sp³-hybridized carbons (Fsp3) is 0.714. The number of nitrogens with two attached hydrogens (primary N) is 1. The van der Waals surface area contributed by atoms with Gasteiger partial charge in [0.25, 0.3) is 0 Å². The van der Waals surface area contributed by atoms with Crippen molar-refractivity contribution in [1.29, 1.82) is 0 Å². The first-order chi connectivity index (χ1) is 6.61. The molecule has 0 saturated heterocycles. The first-order valence-corrected chi connectivity index (χ1v) is 4.07. The average molecular weight is 205 g/mol. The first-order valence-electron chi connectivity index (χ1n) is 4.07. The monoisotopic (exact) mass is 205 g/mol. The summed E-state index contributed by atoms with van der Waals surface area (Å²) in [4.78, 5) is 21.5. The molecule has 0 fully saturated rings. The zero-order valence-corrected chi connectivity index (χ0v) is 7.95. The Morgan fingerprint density at radius 3 is 2.50 bits per heavy atom. The number of aliphatic hydroxyl groups is 1. The van der Waals surface area contributed by atoms with Crippen LogP contribution < -0.4 is 16.4 Å². The van der Waals surface area contributed by atoms with Crippen molar-refractivity contribution < 1.29 is 19.4 Å². The highest BCUT2D eigenvalue weighted by molar-refractivity contribution is 5.81. The van der Waals surface area contributed by atoms with Crippen molar-refractivity contribution >= 4 is 12.0 Å². The Hall–Kier alpha value is -1.34. The van der Waals surface area contributed by atoms with Crippen molar-refractivity contribution in [3.8, 4) is 0 Å². The molecule has 1 atom stereocenters. The molecule has 0 spiro atoms. The van der Waals surface area contributed by atoms with Crippen molar-refractivity contribution in [3.05, 3.63) is 0 Å². The van der Waals surface area contributed by atoms with E-state index in [0.717, 1.165) is 0 Å². The van der Waals surface area contributed by atoms with E-state index in [2.05, 4.69) is 15.4 Å². The molecule has 0 aromatic carbocycles. The molecule has 0 radical (unpaired) electrons. The maximum atomic E-state index is 10.9. The number of hydrogen-bond acceptors (Lipinski definition) is 5. The molecule has 7 heteroatoms. The second kappa shape index (κ2) is 7.10. The van der Waals surface area contributed by atoms with Crippen LogP contribution in [0.25, 0.3) is 0 Å². The van der Waals surface area contributed by atoms with Crippen molar-refractivity contribution in [3.63, 3.8) is 0 Å². The zero-order chi connectivity index (χ0) is 11.0. The quantitative estimate of drug-likeness (QED) is 0.380. The van der Waals surface area contributed by atoms with E-state index in [0.29, 0.717) is 0 Å². The van der Waals surface area contributed by atoms with Crippen LogP contribution in [0.3, 0.4) is 0 Å². The third-order valence-corrected chi connectivity index (χ3v) is 1.41. The summed E-state index contributed by atoms with van der Waals surface area (Å²) in [5.74, 6) is -0.459. The number of hydrogen-bond donors (Lipinski definition) is 4. The normalized spacial score (nSPS) is 11.6. The van der Waals surface area contributed by atoms with Gasteiger partial charge in [0.1, 0.15) is 6.04 Å². The van der Waals surface area contributed by atoms with E-state index >= 15 is 0 Å². The van der Waals surface area contributed by atoms with Crippen LogP contribution in [0.1, 0.15) is 0 Å². The van der Waals surface area contributed by atoms with Gasteiger partial charge in [-0.15, -0.1) is 0 Å². The molecule has 0 saturated carbocycles. The number of ether oxygens (including phenoxy) is 1. The molecule has 5 N–H and O–H groups in total. The van der Waals surface area contributed by atoms with Gasteiger partial charge < -0.3 is 26.2 Å². The highest BCUT2D eigenvalue weighted by Gasteiger charge is 2.10. The summed E-state index contributed by atoms with van der Waals surface area (Å²) in [5.41, 5.74) is 5.21. The number of carbonyl (C=O) groups excluding carboxylic acids is 2. The van der Waals surface area contributed by atoms with Crippen LogP contribution in [0.5, 0.6) is 0 Å². The van der Waals surface area contributed by atoms with Crippen LogP contribution >= 0.6 is 0 Å². The lowest BCUT2D eigenvalue weighted by Crippen LogP contribution is -2.45. The molecule has 0 aliphatic carbocycles. The third kappa shape index (κ3) is 5.33. The second-order valence-corrected chi connectivity index (χ2v) is 2.50. The molecule has 7 nitrogen and oxygen atoms in total. The van der Waals surface area contributed by atoms with Crippen LogP contribution in [-0.4, -0.2) is 50.0 Å². The molecule has 0 bridgehead atoms. The molecule has 0 heterocycles. The summed E-state index contributed by atoms with van der Waals surface area (Å²) in [6.07, 6.45) is -0.564. The van der Waals surface area contributed by atoms with Crippen molar-refractivity contribution in [2.75, 3.05) is 26.8 Å². The standard InChI is InChI=1S/C7H15N3O4/c1-14-7(13)10-3-2-9-6(12)5(8)4-11/h5,11H,2-4,8H2,1H3,(H,9,12)(H,10,13)/t5-/m0/s1. The first kappa shape index (κ1) is 12.7. The SMILES string of the molecule is COC(=O)NCCNC(=O)[C@@H](N)CO. The minimum atomic E-state index is -0.923. The third-order valence-electron chi connectivity index (χ3n) is 1.41. The summed E-state index contributed by atoms with van der Waals surface area (Å²) < 4.78 is 4.30. The number of methoxy groups -OCH3 is 1. The maximum absolute atomic E-state index is 10.9. The Kier molecular flexibility index (Phi) is 6.42. The Balaban J connectivity index is 3.45. The molecule has 0 aromatic rings. The van der Waals surface area contributed by atoms with Crippen LogP contribution in [0.4, 0.5) is 4.79 Å². The molecular weight excluding hydrogens is 190 g/mol. The molecule has 0 unspecified atom stereocenters. The van der Waals surface area contributed by atoms with Gasteiger partial charge in [0, 0.05) is 13.1 Å². The van der Waals surface area contributed by atoms with Gasteiger partial charge in [0.15, 0.2) is 0 Å². The molecular formula is C7H15N3O4. The van der Waals surface area contributed by atoms with E-state index in [1.54, 1.807) is 0 Å². The lowest BCUT2D eigenvalue weighted by Gasteiger charge is -2.09. The van der Waals surface area contributed by atoms with E-state index in [9.17, 15) is 9.59 Å². The molecule has 0 rings (SSSR count). The summed E-state index contributed by atoms with van der Waals surface area (Å²) in [6, 6.07) is -0.923. The lowest BCUT2D eigenvalue weighted by atomic mass is 10.3. The van der Waals surface area contributed by atoms with Gasteiger partial charge >= 0.3 is 6.09 Å². The predicted molar refractivity (Wildman–Crippen MR) is 48.5 cm³/mol. The van der Waals surface area contributed by atoms with Crippen molar-refractivity contribution in [2.45, 2.75) is 6.04 Å². The Labute approximate surface area is 81.6 Å². The second-order valence-electron chi connectivity index (χ2n) is 2.50. The Morgan fingerprint density at radius 2 is 2.00 bits per heavy atom. The number of carbonyl (C=O) groups is 2. The highest BCUT2D eigenvalue weighted by atomic mass is 16.5. The summed E-state index contributed by atoms with van der Waals surface area (Å²) in [7, 11) is 1.25. The van der Waals surface area contributed by atoms with Crippen molar-refractivity contribution in [1.82, 2.24) is 10.6 Å². The van der Waals surface area contributed by atoms with Gasteiger partial charge in [0.2, 0.25) is 5.91 Å². The van der Waals surface area contributed by atoms with Gasteiger partial charge in [-0.05, 0) is 0 Å². The molecule has 0 aromatic heterocycles. The van der Waals surface area contributed by atoms with Gasteiger partial charge in [-0.3, -0.25) is 4.79 Å². The number of rotatable bonds is 5. The minimum Gasteiger partial charge on any atom is -0.453 e. The van der Waals surface area contributed by atoms with Gasteiger partial charge in [-0.2, -0.15) is 0 Å². The van der Waals surface area contributed by atoms with Crippen LogP contribution in [-0.2, 0) is 9.53 Å². The summed E-state index contributed by atoms with van der Waals surface area (Å²) in [5, 5.41) is 13.3. The molecule has 82 valence electrons. The number of nitrogens with one attached hydrogen (secondary N) is 2. The van der Waals surface area contributed by atoms with E-state index in [4.69, 9.17) is 10.8 Å². The number of alkyl carbamates (subject to hydrolysis) is 1. The maximum Gasteiger partial charge on any atom is 0.406 e. The highest BCUT2D eigenvalue weighted by Crippen LogP contribution is 1.75. The minimum absolute atomic E-state index is 0.238. The fourth-order valence-electron chi connectivity index (χ4n) is 0.636. The van der Waals surface area contributed by atoms with Gasteiger partial charge in [-0.25, -0.2) is 4.79 Å². The smallest absolute Gasteiger partial charge is 0.406 e. The largest absolute Gasteiger partial charge is 0.453 e. The summed E-state index contributed by atoms with van der Waals surface area (Å²) in [6.45, 7) is 0.0778. The van der Waals surface area contributed by atoms with Gasteiger partial charge in [-0.1, -0.05) is 0 Å². The van der Waals surface area contributed by atoms with Crippen LogP contribution in [0, 0.1) is 0 Å². The molecule has 14 heavy (non-hydrogen) atoms. The average Bonchev–Trinajstić information content (AvgIpc) is 2.22. The van der Waals surface area contributed by atoms with E-state index < -0.39 is 24.6 Å². The lowest BCUT2D eigenvalue weighted by molar-refractivity contribution is -0.123. The Bertz CT molecular complexity index is 197. The molecule has 0 aliphatic rings. The van der Waals surface area contributed by atoms with E-state index in [-0.39, 0.29) is 13.1 Å². The Morgan fingerprint density at radius 1 is 1.43 bits per heavy atom. The number of aliphatic hydroxyl groups excluding tert-OH is 1. The molecule has 2 amide bonds. The zero-order valence-electron chi connectivity index (χ0n) is 7.95. The van der Waals surface area contributed by atoms with E-state index in [1.807, 2.05) is 0 Å². The predicted octanol–water partition coefficient (Wildman–Crippen LogP) is -2.22. The number of amides is 2.